The fourth-order valence-corrected chi connectivity index (χ4v) is 2.02. The lowest BCUT2D eigenvalue weighted by atomic mass is 10.1. The highest BCUT2D eigenvalue weighted by atomic mass is 19.1. The van der Waals surface area contributed by atoms with E-state index < -0.39 is 29.3 Å². The van der Waals surface area contributed by atoms with Crippen LogP contribution < -0.4 is 10.6 Å². The van der Waals surface area contributed by atoms with Crippen LogP contribution >= 0.6 is 0 Å². The predicted octanol–water partition coefficient (Wildman–Crippen LogP) is 3.13. The van der Waals surface area contributed by atoms with Crippen LogP contribution in [0.1, 0.15) is 17.2 Å². The number of halogens is 2. The number of anilines is 1. The number of aliphatic hydroxyl groups is 1. The van der Waals surface area contributed by atoms with Crippen molar-refractivity contribution in [3.8, 4) is 0 Å². The van der Waals surface area contributed by atoms with Gasteiger partial charge in [0.05, 0.1) is 5.56 Å². The third kappa shape index (κ3) is 4.02. The van der Waals surface area contributed by atoms with Crippen LogP contribution in [0, 0.1) is 18.6 Å². The highest BCUT2D eigenvalue weighted by molar-refractivity contribution is 5.89. The van der Waals surface area contributed by atoms with Crippen LogP contribution in [-0.2, 0) is 0 Å². The maximum Gasteiger partial charge on any atom is 0.319 e. The Morgan fingerprint density at radius 2 is 1.82 bits per heavy atom. The smallest absolute Gasteiger partial charge is 0.319 e. The lowest BCUT2D eigenvalue weighted by Crippen LogP contribution is -2.32. The van der Waals surface area contributed by atoms with E-state index in [9.17, 15) is 18.7 Å². The van der Waals surface area contributed by atoms with E-state index >= 15 is 0 Å². The molecule has 0 bridgehead atoms. The maximum absolute atomic E-state index is 13.5. The van der Waals surface area contributed by atoms with Gasteiger partial charge in [-0.05, 0) is 36.8 Å². The molecule has 2 amide bonds. The van der Waals surface area contributed by atoms with Crippen LogP contribution in [0.4, 0.5) is 19.3 Å². The van der Waals surface area contributed by atoms with Crippen molar-refractivity contribution >= 4 is 11.7 Å². The molecule has 3 N–H and O–H groups in total. The molecular weight excluding hydrogens is 290 g/mol. The van der Waals surface area contributed by atoms with E-state index in [0.717, 1.165) is 17.7 Å². The Morgan fingerprint density at radius 1 is 1.18 bits per heavy atom. The van der Waals surface area contributed by atoms with Crippen molar-refractivity contribution in [3.05, 3.63) is 65.2 Å². The number of hydrogen-bond donors (Lipinski definition) is 3. The van der Waals surface area contributed by atoms with Crippen LogP contribution in [0.5, 0.6) is 0 Å². The highest BCUT2D eigenvalue weighted by Gasteiger charge is 2.18. The van der Waals surface area contributed by atoms with Crippen molar-refractivity contribution in [2.75, 3.05) is 11.9 Å². The van der Waals surface area contributed by atoms with Gasteiger partial charge < -0.3 is 15.7 Å². The van der Waals surface area contributed by atoms with Crippen molar-refractivity contribution < 1.29 is 18.7 Å². The third-order valence-electron chi connectivity index (χ3n) is 3.06. The summed E-state index contributed by atoms with van der Waals surface area (Å²) >= 11 is 0. The molecule has 6 heteroatoms. The van der Waals surface area contributed by atoms with Gasteiger partial charge in [0.2, 0.25) is 0 Å². The maximum atomic E-state index is 13.5. The summed E-state index contributed by atoms with van der Waals surface area (Å²) in [4.78, 5) is 11.7. The zero-order chi connectivity index (χ0) is 16.1. The first-order valence-corrected chi connectivity index (χ1v) is 6.71. The predicted molar refractivity (Wildman–Crippen MR) is 79.5 cm³/mol. The van der Waals surface area contributed by atoms with Crippen LogP contribution in [0.15, 0.2) is 42.5 Å². The Hall–Kier alpha value is -2.47. The first-order valence-electron chi connectivity index (χ1n) is 6.71. The van der Waals surface area contributed by atoms with Gasteiger partial charge in [0, 0.05) is 12.2 Å². The van der Waals surface area contributed by atoms with Gasteiger partial charge in [-0.2, -0.15) is 0 Å². The van der Waals surface area contributed by atoms with Crippen molar-refractivity contribution in [2.45, 2.75) is 13.0 Å². The van der Waals surface area contributed by atoms with Gasteiger partial charge in [0.1, 0.15) is 17.7 Å². The molecule has 0 aliphatic rings. The van der Waals surface area contributed by atoms with Crippen LogP contribution in [-0.4, -0.2) is 17.7 Å². The molecule has 0 aliphatic carbocycles. The first kappa shape index (κ1) is 15.9. The molecule has 0 saturated carbocycles. The zero-order valence-corrected chi connectivity index (χ0v) is 11.9. The molecule has 2 aromatic rings. The van der Waals surface area contributed by atoms with Crippen molar-refractivity contribution in [1.82, 2.24) is 5.32 Å². The summed E-state index contributed by atoms with van der Waals surface area (Å²) in [6.07, 6.45) is -1.47. The SMILES string of the molecule is Cc1cccc(NC(=O)NCC(O)c2c(F)cccc2F)c1. The molecule has 0 fully saturated rings. The summed E-state index contributed by atoms with van der Waals surface area (Å²) in [5.41, 5.74) is 1.11. The summed E-state index contributed by atoms with van der Waals surface area (Å²) in [6, 6.07) is 9.89. The topological polar surface area (TPSA) is 61.4 Å². The molecule has 116 valence electrons. The molecule has 1 unspecified atom stereocenters. The minimum Gasteiger partial charge on any atom is -0.386 e. The van der Waals surface area contributed by atoms with Gasteiger partial charge in [0.15, 0.2) is 0 Å². The van der Waals surface area contributed by atoms with Gasteiger partial charge >= 0.3 is 6.03 Å². The van der Waals surface area contributed by atoms with Crippen LogP contribution in [0.2, 0.25) is 0 Å². The Balaban J connectivity index is 1.93. The number of rotatable bonds is 4. The second-order valence-corrected chi connectivity index (χ2v) is 4.86. The van der Waals surface area contributed by atoms with Crippen LogP contribution in [0.3, 0.4) is 0 Å². The second-order valence-electron chi connectivity index (χ2n) is 4.86. The second kappa shape index (κ2) is 7.00. The van der Waals surface area contributed by atoms with Crippen LogP contribution in [0.25, 0.3) is 0 Å². The van der Waals surface area contributed by atoms with E-state index in [0.29, 0.717) is 5.69 Å². The lowest BCUT2D eigenvalue weighted by Gasteiger charge is -2.14. The summed E-state index contributed by atoms with van der Waals surface area (Å²) < 4.78 is 27.0. The average Bonchev–Trinajstić information content (AvgIpc) is 2.45. The lowest BCUT2D eigenvalue weighted by molar-refractivity contribution is 0.166. The van der Waals surface area contributed by atoms with E-state index in [-0.39, 0.29) is 6.54 Å². The number of amides is 2. The molecule has 22 heavy (non-hydrogen) atoms. The molecule has 1 atom stereocenters. The highest BCUT2D eigenvalue weighted by Crippen LogP contribution is 2.20. The molecule has 2 rings (SSSR count). The van der Waals surface area contributed by atoms with Crippen molar-refractivity contribution in [2.24, 2.45) is 0 Å². The number of hydrogen-bond acceptors (Lipinski definition) is 2. The molecule has 0 radical (unpaired) electrons. The molecule has 4 nitrogen and oxygen atoms in total. The number of aryl methyl sites for hydroxylation is 1. The van der Waals surface area contributed by atoms with Gasteiger partial charge in [-0.3, -0.25) is 0 Å². The zero-order valence-electron chi connectivity index (χ0n) is 11.9. The minimum absolute atomic E-state index is 0.310. The molecule has 0 aliphatic heterocycles. The standard InChI is InChI=1S/C16H16F2N2O2/c1-10-4-2-5-11(8-10)20-16(22)19-9-14(21)15-12(17)6-3-7-13(15)18/h2-8,14,21H,9H2,1H3,(H2,19,20,22). The number of benzene rings is 2. The summed E-state index contributed by atoms with van der Waals surface area (Å²) in [5, 5.41) is 14.8. The van der Waals surface area contributed by atoms with Gasteiger partial charge in [-0.25, -0.2) is 13.6 Å². The van der Waals surface area contributed by atoms with E-state index in [1.807, 2.05) is 13.0 Å². The number of nitrogens with one attached hydrogen (secondary N) is 2. The summed E-state index contributed by atoms with van der Waals surface area (Å²) in [6.45, 7) is 1.57. The number of carbonyl (C=O) groups excluding carboxylic acids is 1. The molecule has 2 aromatic carbocycles. The summed E-state index contributed by atoms with van der Waals surface area (Å²) in [7, 11) is 0. The number of urea groups is 1. The van der Waals surface area contributed by atoms with Crippen molar-refractivity contribution in [3.63, 3.8) is 0 Å². The Kier molecular flexibility index (Phi) is 5.06. The quantitative estimate of drug-likeness (QED) is 0.812. The van der Waals surface area contributed by atoms with E-state index in [1.54, 1.807) is 18.2 Å². The Bertz CT molecular complexity index is 657. The van der Waals surface area contributed by atoms with Gasteiger partial charge in [-0.1, -0.05) is 18.2 Å². The minimum atomic E-state index is -1.47. The largest absolute Gasteiger partial charge is 0.386 e. The number of carbonyl (C=O) groups is 1. The molecule has 0 spiro atoms. The Morgan fingerprint density at radius 3 is 2.45 bits per heavy atom. The monoisotopic (exact) mass is 306 g/mol. The molecule has 0 heterocycles. The van der Waals surface area contributed by atoms with Gasteiger partial charge in [-0.15, -0.1) is 0 Å². The van der Waals surface area contributed by atoms with E-state index in [4.69, 9.17) is 0 Å². The molecular formula is C16H16F2N2O2. The van der Waals surface area contributed by atoms with Crippen molar-refractivity contribution in [1.29, 1.82) is 0 Å². The number of aliphatic hydroxyl groups excluding tert-OH is 1. The molecule has 0 saturated heterocycles. The summed E-state index contributed by atoms with van der Waals surface area (Å²) in [5.74, 6) is -1.71. The average molecular weight is 306 g/mol. The van der Waals surface area contributed by atoms with Gasteiger partial charge in [0.25, 0.3) is 0 Å². The Labute approximate surface area is 126 Å². The third-order valence-corrected chi connectivity index (χ3v) is 3.06. The first-order chi connectivity index (χ1) is 10.5. The molecule has 0 aromatic heterocycles. The fourth-order valence-electron chi connectivity index (χ4n) is 2.02. The van der Waals surface area contributed by atoms with E-state index in [1.165, 1.54) is 6.07 Å². The fraction of sp³-hybridized carbons (Fsp3) is 0.188. The normalized spacial score (nSPS) is 11.8. The van der Waals surface area contributed by atoms with E-state index in [2.05, 4.69) is 10.6 Å².